The second-order valence-electron chi connectivity index (χ2n) is 3.04. The second-order valence-corrected chi connectivity index (χ2v) is 3.04. The summed E-state index contributed by atoms with van der Waals surface area (Å²) in [5.41, 5.74) is 13.5. The third-order valence-electron chi connectivity index (χ3n) is 2.24. The standard InChI is InChI=1S/C10H17N3/c1-13-10-4-2-8(3-5-10)9(6-11)7-12/h2-5,9,13H,6-7,11-12H2,1H3. The SMILES string of the molecule is CNc1ccc(C(CN)CN)cc1. The molecule has 0 aliphatic heterocycles. The maximum Gasteiger partial charge on any atom is 0.0337 e. The zero-order chi connectivity index (χ0) is 9.68. The maximum atomic E-state index is 5.59. The number of nitrogens with two attached hydrogens (primary N) is 2. The molecule has 0 amide bonds. The zero-order valence-corrected chi connectivity index (χ0v) is 7.96. The lowest BCUT2D eigenvalue weighted by atomic mass is 9.99. The monoisotopic (exact) mass is 179 g/mol. The lowest BCUT2D eigenvalue weighted by molar-refractivity contribution is 0.708. The third kappa shape index (κ3) is 2.44. The van der Waals surface area contributed by atoms with Crippen molar-refractivity contribution in [3.8, 4) is 0 Å². The summed E-state index contributed by atoms with van der Waals surface area (Å²) in [5.74, 6) is 0.283. The lowest BCUT2D eigenvalue weighted by Gasteiger charge is -2.12. The Morgan fingerprint density at radius 3 is 2.08 bits per heavy atom. The van der Waals surface area contributed by atoms with Crippen LogP contribution in [0, 0.1) is 0 Å². The van der Waals surface area contributed by atoms with Crippen molar-refractivity contribution in [3.05, 3.63) is 29.8 Å². The van der Waals surface area contributed by atoms with Gasteiger partial charge in [0.25, 0.3) is 0 Å². The Labute approximate surface area is 79.1 Å². The van der Waals surface area contributed by atoms with Crippen LogP contribution >= 0.6 is 0 Å². The first-order chi connectivity index (χ1) is 6.31. The van der Waals surface area contributed by atoms with Gasteiger partial charge < -0.3 is 16.8 Å². The Morgan fingerprint density at radius 1 is 1.15 bits per heavy atom. The summed E-state index contributed by atoms with van der Waals surface area (Å²) in [6.07, 6.45) is 0. The van der Waals surface area contributed by atoms with Crippen molar-refractivity contribution in [1.82, 2.24) is 0 Å². The van der Waals surface area contributed by atoms with Gasteiger partial charge in [-0.05, 0) is 17.7 Å². The van der Waals surface area contributed by atoms with Gasteiger partial charge in [-0.25, -0.2) is 0 Å². The van der Waals surface area contributed by atoms with Crippen LogP contribution in [-0.4, -0.2) is 20.1 Å². The molecule has 0 aliphatic carbocycles. The van der Waals surface area contributed by atoms with Gasteiger partial charge in [-0.15, -0.1) is 0 Å². The fourth-order valence-electron chi connectivity index (χ4n) is 1.29. The molecule has 0 spiro atoms. The summed E-state index contributed by atoms with van der Waals surface area (Å²) in [6.45, 7) is 1.21. The molecule has 0 unspecified atom stereocenters. The van der Waals surface area contributed by atoms with E-state index in [1.54, 1.807) is 0 Å². The number of benzene rings is 1. The van der Waals surface area contributed by atoms with Gasteiger partial charge in [0.2, 0.25) is 0 Å². The summed E-state index contributed by atoms with van der Waals surface area (Å²) in [4.78, 5) is 0. The molecule has 0 bridgehead atoms. The van der Waals surface area contributed by atoms with Crippen LogP contribution in [0.2, 0.25) is 0 Å². The van der Waals surface area contributed by atoms with E-state index in [0.717, 1.165) is 5.69 Å². The molecule has 0 aliphatic rings. The Bertz CT molecular complexity index is 239. The van der Waals surface area contributed by atoms with Crippen molar-refractivity contribution in [1.29, 1.82) is 0 Å². The molecule has 0 saturated carbocycles. The van der Waals surface area contributed by atoms with Crippen LogP contribution < -0.4 is 16.8 Å². The molecule has 0 heterocycles. The zero-order valence-electron chi connectivity index (χ0n) is 7.96. The first-order valence-electron chi connectivity index (χ1n) is 4.49. The second kappa shape index (κ2) is 4.84. The van der Waals surface area contributed by atoms with Crippen molar-refractivity contribution in [3.63, 3.8) is 0 Å². The van der Waals surface area contributed by atoms with E-state index in [2.05, 4.69) is 17.4 Å². The maximum absolute atomic E-state index is 5.59. The van der Waals surface area contributed by atoms with Crippen LogP contribution in [0.5, 0.6) is 0 Å². The van der Waals surface area contributed by atoms with Crippen LogP contribution in [-0.2, 0) is 0 Å². The van der Waals surface area contributed by atoms with Crippen LogP contribution in [0.3, 0.4) is 0 Å². The highest BCUT2D eigenvalue weighted by Crippen LogP contribution is 2.16. The molecule has 0 saturated heterocycles. The van der Waals surface area contributed by atoms with Crippen molar-refractivity contribution in [2.75, 3.05) is 25.5 Å². The Morgan fingerprint density at radius 2 is 1.69 bits per heavy atom. The molecule has 0 aromatic heterocycles. The van der Waals surface area contributed by atoms with Gasteiger partial charge in [-0.3, -0.25) is 0 Å². The number of hydrogen-bond acceptors (Lipinski definition) is 3. The molecule has 1 rings (SSSR count). The van der Waals surface area contributed by atoms with E-state index in [0.29, 0.717) is 13.1 Å². The van der Waals surface area contributed by atoms with Crippen molar-refractivity contribution in [2.24, 2.45) is 11.5 Å². The normalized spacial score (nSPS) is 10.5. The molecule has 0 fully saturated rings. The fourth-order valence-corrected chi connectivity index (χ4v) is 1.29. The molecule has 5 N–H and O–H groups in total. The van der Waals surface area contributed by atoms with Crippen LogP contribution in [0.4, 0.5) is 5.69 Å². The van der Waals surface area contributed by atoms with E-state index < -0.39 is 0 Å². The molecule has 3 nitrogen and oxygen atoms in total. The van der Waals surface area contributed by atoms with Gasteiger partial charge in [0, 0.05) is 31.7 Å². The first-order valence-corrected chi connectivity index (χ1v) is 4.49. The molecule has 1 aromatic rings. The molecule has 0 atom stereocenters. The third-order valence-corrected chi connectivity index (χ3v) is 2.24. The Kier molecular flexibility index (Phi) is 3.73. The highest BCUT2D eigenvalue weighted by molar-refractivity contribution is 5.44. The largest absolute Gasteiger partial charge is 0.388 e. The van der Waals surface area contributed by atoms with Crippen LogP contribution in [0.25, 0.3) is 0 Å². The van der Waals surface area contributed by atoms with Gasteiger partial charge in [0.15, 0.2) is 0 Å². The van der Waals surface area contributed by atoms with E-state index in [-0.39, 0.29) is 5.92 Å². The molecule has 1 aromatic carbocycles. The van der Waals surface area contributed by atoms with Gasteiger partial charge in [0.05, 0.1) is 0 Å². The molecular weight excluding hydrogens is 162 g/mol. The summed E-state index contributed by atoms with van der Waals surface area (Å²) in [7, 11) is 1.90. The van der Waals surface area contributed by atoms with Crippen LogP contribution in [0.15, 0.2) is 24.3 Å². The topological polar surface area (TPSA) is 64.1 Å². The van der Waals surface area contributed by atoms with Crippen molar-refractivity contribution < 1.29 is 0 Å². The van der Waals surface area contributed by atoms with Crippen LogP contribution in [0.1, 0.15) is 11.5 Å². The van der Waals surface area contributed by atoms with Gasteiger partial charge in [0.1, 0.15) is 0 Å². The number of nitrogens with one attached hydrogen (secondary N) is 1. The minimum atomic E-state index is 0.283. The predicted molar refractivity (Wildman–Crippen MR) is 56.8 cm³/mol. The molecule has 72 valence electrons. The number of anilines is 1. The molecule has 3 heteroatoms. The van der Waals surface area contributed by atoms with E-state index >= 15 is 0 Å². The molecule has 0 radical (unpaired) electrons. The number of rotatable bonds is 4. The highest BCUT2D eigenvalue weighted by Gasteiger charge is 2.06. The van der Waals surface area contributed by atoms with Gasteiger partial charge in [-0.2, -0.15) is 0 Å². The quantitative estimate of drug-likeness (QED) is 0.638. The van der Waals surface area contributed by atoms with Crippen molar-refractivity contribution in [2.45, 2.75) is 5.92 Å². The summed E-state index contributed by atoms with van der Waals surface area (Å²) in [6, 6.07) is 8.20. The summed E-state index contributed by atoms with van der Waals surface area (Å²) in [5, 5.41) is 3.07. The lowest BCUT2D eigenvalue weighted by Crippen LogP contribution is -2.21. The average Bonchev–Trinajstić information content (AvgIpc) is 2.21. The van der Waals surface area contributed by atoms with Crippen molar-refractivity contribution >= 4 is 5.69 Å². The highest BCUT2D eigenvalue weighted by atomic mass is 14.8. The minimum absolute atomic E-state index is 0.283. The predicted octanol–water partition coefficient (Wildman–Crippen LogP) is 0.729. The Balaban J connectivity index is 2.78. The number of hydrogen-bond donors (Lipinski definition) is 3. The van der Waals surface area contributed by atoms with E-state index in [1.807, 2.05) is 19.2 Å². The fraction of sp³-hybridized carbons (Fsp3) is 0.400. The van der Waals surface area contributed by atoms with Gasteiger partial charge >= 0.3 is 0 Å². The smallest absolute Gasteiger partial charge is 0.0337 e. The first kappa shape index (κ1) is 10.0. The van der Waals surface area contributed by atoms with Gasteiger partial charge in [-0.1, -0.05) is 12.1 Å². The van der Waals surface area contributed by atoms with E-state index in [1.165, 1.54) is 5.56 Å². The average molecular weight is 179 g/mol. The van der Waals surface area contributed by atoms with E-state index in [9.17, 15) is 0 Å². The Hall–Kier alpha value is -1.06. The minimum Gasteiger partial charge on any atom is -0.388 e. The summed E-state index contributed by atoms with van der Waals surface area (Å²) >= 11 is 0. The molecular formula is C10H17N3. The molecule has 13 heavy (non-hydrogen) atoms. The van der Waals surface area contributed by atoms with E-state index in [4.69, 9.17) is 11.5 Å². The summed E-state index contributed by atoms with van der Waals surface area (Å²) < 4.78 is 0.